The van der Waals surface area contributed by atoms with Crippen molar-refractivity contribution in [2.24, 2.45) is 0 Å². The molecule has 1 rings (SSSR count). The number of nitrogens with zero attached hydrogens (tertiary/aromatic N) is 2. The Bertz CT molecular complexity index is 312. The van der Waals surface area contributed by atoms with E-state index in [-0.39, 0.29) is 5.95 Å². The third-order valence-corrected chi connectivity index (χ3v) is 1.08. The summed E-state index contributed by atoms with van der Waals surface area (Å²) in [5.74, 6) is -0.283. The Morgan fingerprint density at radius 3 is 2.46 bits per heavy atom. The molecule has 0 unspecified atom stereocenters. The van der Waals surface area contributed by atoms with Gasteiger partial charge in [0.1, 0.15) is 0 Å². The summed E-state index contributed by atoms with van der Waals surface area (Å²) in [6, 6.07) is 0.979. The zero-order chi connectivity index (χ0) is 9.68. The molecule has 6 nitrogen and oxygen atoms in total. The summed E-state index contributed by atoms with van der Waals surface area (Å²) in [4.78, 5) is 28.8. The van der Waals surface area contributed by atoms with Gasteiger partial charge in [0.15, 0.2) is 0 Å². The van der Waals surface area contributed by atoms with Gasteiger partial charge in [-0.05, 0) is 6.07 Å². The fourth-order valence-corrected chi connectivity index (χ4v) is 0.656. The molecule has 0 saturated heterocycles. The first-order valence-corrected chi connectivity index (χ1v) is 3.54. The molecule has 0 spiro atoms. The maximum absolute atomic E-state index is 10.9. The quantitative estimate of drug-likeness (QED) is 0.644. The van der Waals surface area contributed by atoms with Crippen LogP contribution in [0.25, 0.3) is 0 Å². The lowest BCUT2D eigenvalue weighted by Crippen LogP contribution is -2.32. The zero-order valence-electron chi connectivity index (χ0n) is 6.94. The Hall–Kier alpha value is -1.98. The fraction of sp³-hybridized carbons (Fsp3) is 0.143. The lowest BCUT2D eigenvalue weighted by molar-refractivity contribution is -0.117. The Morgan fingerprint density at radius 1 is 1.31 bits per heavy atom. The summed E-state index contributed by atoms with van der Waals surface area (Å²) in [6.45, 7) is 1.24. The average molecular weight is 180 g/mol. The molecule has 0 radical (unpaired) electrons. The van der Waals surface area contributed by atoms with Crippen molar-refractivity contribution in [3.05, 3.63) is 18.5 Å². The van der Waals surface area contributed by atoms with Gasteiger partial charge in [0.05, 0.1) is 0 Å². The number of aromatic nitrogens is 2. The van der Waals surface area contributed by atoms with Crippen LogP contribution in [-0.2, 0) is 4.79 Å². The number of hydrogen-bond acceptors (Lipinski definition) is 4. The maximum atomic E-state index is 10.9. The second-order valence-electron chi connectivity index (χ2n) is 2.21. The van der Waals surface area contributed by atoms with Crippen molar-refractivity contribution in [3.63, 3.8) is 0 Å². The van der Waals surface area contributed by atoms with Gasteiger partial charge in [0.2, 0.25) is 11.9 Å². The minimum absolute atomic E-state index is 0.154. The van der Waals surface area contributed by atoms with E-state index in [0.717, 1.165) is 0 Å². The maximum Gasteiger partial charge on any atom is 0.328 e. The van der Waals surface area contributed by atoms with Crippen LogP contribution in [0.4, 0.5) is 10.7 Å². The van der Waals surface area contributed by atoms with Crippen molar-refractivity contribution in [1.82, 2.24) is 15.3 Å². The lowest BCUT2D eigenvalue weighted by atomic mass is 10.6. The van der Waals surface area contributed by atoms with Crippen molar-refractivity contribution in [3.8, 4) is 0 Å². The van der Waals surface area contributed by atoms with Crippen molar-refractivity contribution in [2.75, 3.05) is 5.32 Å². The molecule has 0 fully saturated rings. The average Bonchev–Trinajstić information content (AvgIpc) is 2.04. The molecule has 3 amide bonds. The molecular weight excluding hydrogens is 172 g/mol. The zero-order valence-corrected chi connectivity index (χ0v) is 6.94. The van der Waals surface area contributed by atoms with E-state index in [9.17, 15) is 9.59 Å². The van der Waals surface area contributed by atoms with Gasteiger partial charge in [-0.15, -0.1) is 0 Å². The van der Waals surface area contributed by atoms with E-state index in [1.54, 1.807) is 6.07 Å². The normalized spacial score (nSPS) is 9.00. The topological polar surface area (TPSA) is 84.0 Å². The first-order chi connectivity index (χ1) is 6.18. The van der Waals surface area contributed by atoms with Crippen molar-refractivity contribution in [1.29, 1.82) is 0 Å². The molecule has 0 aliphatic heterocycles. The number of anilines is 1. The van der Waals surface area contributed by atoms with E-state index >= 15 is 0 Å². The Morgan fingerprint density at radius 2 is 1.92 bits per heavy atom. The van der Waals surface area contributed by atoms with E-state index in [1.807, 2.05) is 5.32 Å². The van der Waals surface area contributed by atoms with Gasteiger partial charge >= 0.3 is 6.03 Å². The first kappa shape index (κ1) is 9.11. The highest BCUT2D eigenvalue weighted by Gasteiger charge is 2.03. The van der Waals surface area contributed by atoms with E-state index in [2.05, 4.69) is 15.3 Å². The fourth-order valence-electron chi connectivity index (χ4n) is 0.656. The summed E-state index contributed by atoms with van der Waals surface area (Å²) < 4.78 is 0. The molecule has 0 bridgehead atoms. The van der Waals surface area contributed by atoms with Gasteiger partial charge in [0.25, 0.3) is 0 Å². The van der Waals surface area contributed by atoms with Crippen molar-refractivity contribution in [2.45, 2.75) is 6.92 Å². The van der Waals surface area contributed by atoms with Crippen LogP contribution >= 0.6 is 0 Å². The van der Waals surface area contributed by atoms with Crippen LogP contribution < -0.4 is 10.6 Å². The summed E-state index contributed by atoms with van der Waals surface area (Å²) in [5, 5.41) is 4.30. The van der Waals surface area contributed by atoms with Crippen molar-refractivity contribution >= 4 is 17.9 Å². The van der Waals surface area contributed by atoms with Crippen LogP contribution in [0.5, 0.6) is 0 Å². The monoisotopic (exact) mass is 180 g/mol. The predicted molar refractivity (Wildman–Crippen MR) is 44.9 cm³/mol. The van der Waals surface area contributed by atoms with E-state index in [1.165, 1.54) is 19.3 Å². The molecule has 6 heteroatoms. The third kappa shape index (κ3) is 3.28. The van der Waals surface area contributed by atoms with Gasteiger partial charge in [-0.1, -0.05) is 0 Å². The minimum Gasteiger partial charge on any atom is -0.278 e. The molecule has 1 aromatic heterocycles. The molecule has 68 valence electrons. The van der Waals surface area contributed by atoms with Crippen LogP contribution in [0.1, 0.15) is 6.92 Å². The molecule has 1 heterocycles. The predicted octanol–water partition coefficient (Wildman–Crippen LogP) is 0.145. The Labute approximate surface area is 74.4 Å². The van der Waals surface area contributed by atoms with Gasteiger partial charge in [-0.3, -0.25) is 15.4 Å². The molecule has 0 aromatic carbocycles. The number of imide groups is 1. The highest BCUT2D eigenvalue weighted by Crippen LogP contribution is 1.92. The van der Waals surface area contributed by atoms with Crippen LogP contribution in [0.2, 0.25) is 0 Å². The van der Waals surface area contributed by atoms with Gasteiger partial charge in [-0.2, -0.15) is 0 Å². The number of urea groups is 1. The molecule has 0 saturated carbocycles. The minimum atomic E-state index is -0.640. The lowest BCUT2D eigenvalue weighted by Gasteiger charge is -2.01. The van der Waals surface area contributed by atoms with E-state index < -0.39 is 11.9 Å². The van der Waals surface area contributed by atoms with Crippen LogP contribution in [0, 0.1) is 0 Å². The van der Waals surface area contributed by atoms with Crippen LogP contribution in [0.3, 0.4) is 0 Å². The molecule has 2 N–H and O–H groups in total. The summed E-state index contributed by atoms with van der Waals surface area (Å²) in [5.41, 5.74) is 0. The summed E-state index contributed by atoms with van der Waals surface area (Å²) in [7, 11) is 0. The molecule has 13 heavy (non-hydrogen) atoms. The van der Waals surface area contributed by atoms with E-state index in [0.29, 0.717) is 0 Å². The van der Waals surface area contributed by atoms with Gasteiger partial charge < -0.3 is 0 Å². The third-order valence-electron chi connectivity index (χ3n) is 1.08. The second-order valence-corrected chi connectivity index (χ2v) is 2.21. The molecular formula is C7H8N4O2. The number of amides is 3. The second kappa shape index (κ2) is 4.15. The number of carbonyl (C=O) groups is 2. The SMILES string of the molecule is CC(=O)NC(=O)Nc1ncccn1. The van der Waals surface area contributed by atoms with Crippen molar-refractivity contribution < 1.29 is 9.59 Å². The van der Waals surface area contributed by atoms with Crippen LogP contribution in [0.15, 0.2) is 18.5 Å². The molecule has 0 aliphatic rings. The van der Waals surface area contributed by atoms with E-state index in [4.69, 9.17) is 0 Å². The largest absolute Gasteiger partial charge is 0.328 e. The Kier molecular flexibility index (Phi) is 2.91. The number of nitrogens with one attached hydrogen (secondary N) is 2. The standard InChI is InChI=1S/C7H8N4O2/c1-5(12)10-7(13)11-6-8-3-2-4-9-6/h2-4H,1H3,(H2,8,9,10,11,12,13). The summed E-state index contributed by atoms with van der Waals surface area (Å²) >= 11 is 0. The smallest absolute Gasteiger partial charge is 0.278 e. The Balaban J connectivity index is 2.50. The number of hydrogen-bond donors (Lipinski definition) is 2. The number of rotatable bonds is 1. The van der Waals surface area contributed by atoms with Gasteiger partial charge in [0, 0.05) is 19.3 Å². The first-order valence-electron chi connectivity index (χ1n) is 3.54. The highest BCUT2D eigenvalue weighted by atomic mass is 16.2. The molecule has 1 aromatic rings. The summed E-state index contributed by atoms with van der Waals surface area (Å²) in [6.07, 6.45) is 2.97. The van der Waals surface area contributed by atoms with Crippen LogP contribution in [-0.4, -0.2) is 21.9 Å². The van der Waals surface area contributed by atoms with Gasteiger partial charge in [-0.25, -0.2) is 14.8 Å². The molecule has 0 atom stereocenters. The molecule has 0 aliphatic carbocycles. The highest BCUT2D eigenvalue weighted by molar-refractivity contribution is 5.99. The number of carbonyl (C=O) groups excluding carboxylic acids is 2.